The van der Waals surface area contributed by atoms with Crippen molar-refractivity contribution in [2.45, 2.75) is 4.90 Å². The number of carboxylic acids is 1. The summed E-state index contributed by atoms with van der Waals surface area (Å²) in [6.07, 6.45) is 0. The average molecular weight is 309 g/mol. The summed E-state index contributed by atoms with van der Waals surface area (Å²) in [5.74, 6) is -1.29. The molecule has 0 saturated heterocycles. The van der Waals surface area contributed by atoms with Crippen LogP contribution in [-0.2, 0) is 14.8 Å². The van der Waals surface area contributed by atoms with E-state index in [2.05, 4.69) is 5.32 Å². The number of benzene rings is 1. The summed E-state index contributed by atoms with van der Waals surface area (Å²) in [6, 6.07) is 2.13. The number of anilines is 1. The minimum atomic E-state index is -4.08. The van der Waals surface area contributed by atoms with Gasteiger partial charge in [-0.05, 0) is 12.1 Å². The van der Waals surface area contributed by atoms with E-state index in [9.17, 15) is 13.2 Å². The standard InChI is InChI=1S/C10H13ClN2O5S/c1-18-3-2-13-8-5-7(11)9(19(12,16)17)4-6(8)10(14)15/h4-5,13H,2-3H2,1H3,(H,14,15)(H2,12,16,17). The van der Waals surface area contributed by atoms with Crippen LogP contribution in [-0.4, -0.2) is 39.8 Å². The molecule has 0 unspecified atom stereocenters. The van der Waals surface area contributed by atoms with Gasteiger partial charge >= 0.3 is 5.97 Å². The first-order chi connectivity index (χ1) is 8.77. The number of rotatable bonds is 6. The highest BCUT2D eigenvalue weighted by atomic mass is 35.5. The van der Waals surface area contributed by atoms with Gasteiger partial charge in [0.1, 0.15) is 4.90 Å². The Morgan fingerprint density at radius 2 is 2.16 bits per heavy atom. The summed E-state index contributed by atoms with van der Waals surface area (Å²) in [5, 5.41) is 16.6. The van der Waals surface area contributed by atoms with E-state index in [1.54, 1.807) is 0 Å². The summed E-state index contributed by atoms with van der Waals surface area (Å²) >= 11 is 5.78. The first kappa shape index (κ1) is 15.7. The van der Waals surface area contributed by atoms with Gasteiger partial charge in [0, 0.05) is 13.7 Å². The molecule has 0 bridgehead atoms. The van der Waals surface area contributed by atoms with Crippen molar-refractivity contribution in [3.8, 4) is 0 Å². The summed E-state index contributed by atoms with van der Waals surface area (Å²) in [7, 11) is -2.58. The maximum Gasteiger partial charge on any atom is 0.337 e. The molecule has 7 nitrogen and oxygen atoms in total. The number of sulfonamides is 1. The molecule has 0 aliphatic rings. The van der Waals surface area contributed by atoms with Crippen molar-refractivity contribution in [3.63, 3.8) is 0 Å². The van der Waals surface area contributed by atoms with Gasteiger partial charge in [-0.1, -0.05) is 11.6 Å². The Morgan fingerprint density at radius 3 is 2.63 bits per heavy atom. The van der Waals surface area contributed by atoms with Crippen LogP contribution in [0.15, 0.2) is 17.0 Å². The van der Waals surface area contributed by atoms with Crippen LogP contribution in [0.2, 0.25) is 5.02 Å². The number of aromatic carboxylic acids is 1. The van der Waals surface area contributed by atoms with E-state index in [0.29, 0.717) is 13.2 Å². The molecule has 1 rings (SSSR count). The molecule has 0 radical (unpaired) electrons. The molecule has 0 aliphatic carbocycles. The summed E-state index contributed by atoms with van der Waals surface area (Å²) < 4.78 is 27.3. The van der Waals surface area contributed by atoms with Crippen LogP contribution in [0.4, 0.5) is 5.69 Å². The quantitative estimate of drug-likeness (QED) is 0.667. The molecule has 0 atom stereocenters. The number of primary sulfonamides is 1. The summed E-state index contributed by atoms with van der Waals surface area (Å²) in [6.45, 7) is 0.704. The van der Waals surface area contributed by atoms with Crippen LogP contribution in [0.3, 0.4) is 0 Å². The van der Waals surface area contributed by atoms with E-state index in [1.807, 2.05) is 0 Å². The molecule has 1 aromatic carbocycles. The number of nitrogens with two attached hydrogens (primary N) is 1. The number of halogens is 1. The molecule has 106 valence electrons. The molecule has 0 spiro atoms. The van der Waals surface area contributed by atoms with Crippen molar-refractivity contribution in [2.75, 3.05) is 25.6 Å². The molecule has 0 aromatic heterocycles. The second kappa shape index (κ2) is 6.20. The molecule has 0 amide bonds. The Kier molecular flexibility index (Phi) is 5.12. The van der Waals surface area contributed by atoms with Crippen LogP contribution in [0, 0.1) is 0 Å². The highest BCUT2D eigenvalue weighted by molar-refractivity contribution is 7.89. The number of hydrogen-bond acceptors (Lipinski definition) is 5. The first-order valence-electron chi connectivity index (χ1n) is 5.10. The lowest BCUT2D eigenvalue weighted by Crippen LogP contribution is -2.16. The van der Waals surface area contributed by atoms with Crippen LogP contribution in [0.25, 0.3) is 0 Å². The largest absolute Gasteiger partial charge is 0.478 e. The minimum Gasteiger partial charge on any atom is -0.478 e. The molecular formula is C10H13ClN2O5S. The molecule has 0 saturated carbocycles. The molecule has 0 fully saturated rings. The molecule has 0 aliphatic heterocycles. The van der Waals surface area contributed by atoms with Gasteiger partial charge in [0.15, 0.2) is 0 Å². The number of carboxylic acid groups (broad SMARTS) is 1. The van der Waals surface area contributed by atoms with Gasteiger partial charge < -0.3 is 15.2 Å². The Hall–Kier alpha value is -1.35. The maximum atomic E-state index is 11.3. The van der Waals surface area contributed by atoms with Crippen molar-refractivity contribution < 1.29 is 23.1 Å². The van der Waals surface area contributed by atoms with Gasteiger partial charge in [0.25, 0.3) is 0 Å². The van der Waals surface area contributed by atoms with Gasteiger partial charge in [0.05, 0.1) is 22.9 Å². The van der Waals surface area contributed by atoms with Crippen molar-refractivity contribution in [1.82, 2.24) is 0 Å². The van der Waals surface area contributed by atoms with Gasteiger partial charge in [-0.2, -0.15) is 0 Å². The maximum absolute atomic E-state index is 11.3. The third-order valence-corrected chi connectivity index (χ3v) is 3.61. The normalized spacial score (nSPS) is 11.3. The molecule has 4 N–H and O–H groups in total. The van der Waals surface area contributed by atoms with E-state index in [-0.39, 0.29) is 16.3 Å². The average Bonchev–Trinajstić information content (AvgIpc) is 2.27. The second-order valence-corrected chi connectivity index (χ2v) is 5.53. The highest BCUT2D eigenvalue weighted by Crippen LogP contribution is 2.28. The molecule has 1 aromatic rings. The predicted molar refractivity (Wildman–Crippen MR) is 70.2 cm³/mol. The first-order valence-corrected chi connectivity index (χ1v) is 7.02. The molecule has 19 heavy (non-hydrogen) atoms. The predicted octanol–water partition coefficient (Wildman–Crippen LogP) is 0.744. The summed E-state index contributed by atoms with van der Waals surface area (Å²) in [5.41, 5.74) is -0.0357. The van der Waals surface area contributed by atoms with Gasteiger partial charge in [-0.15, -0.1) is 0 Å². The van der Waals surface area contributed by atoms with E-state index >= 15 is 0 Å². The van der Waals surface area contributed by atoms with Crippen LogP contribution < -0.4 is 10.5 Å². The van der Waals surface area contributed by atoms with E-state index in [0.717, 1.165) is 6.07 Å². The van der Waals surface area contributed by atoms with Crippen molar-refractivity contribution in [3.05, 3.63) is 22.7 Å². The fourth-order valence-corrected chi connectivity index (χ4v) is 2.48. The van der Waals surface area contributed by atoms with Crippen molar-refractivity contribution in [1.29, 1.82) is 0 Å². The van der Waals surface area contributed by atoms with Gasteiger partial charge in [0.2, 0.25) is 10.0 Å². The van der Waals surface area contributed by atoms with Crippen molar-refractivity contribution >= 4 is 33.3 Å². The number of carbonyl (C=O) groups is 1. The van der Waals surface area contributed by atoms with Crippen LogP contribution in [0.5, 0.6) is 0 Å². The fourth-order valence-electron chi connectivity index (χ4n) is 1.38. The lowest BCUT2D eigenvalue weighted by Gasteiger charge is -2.12. The zero-order chi connectivity index (χ0) is 14.6. The van der Waals surface area contributed by atoms with Crippen molar-refractivity contribution in [2.24, 2.45) is 5.14 Å². The lowest BCUT2D eigenvalue weighted by molar-refractivity contribution is 0.0697. The second-order valence-electron chi connectivity index (χ2n) is 3.60. The van der Waals surface area contributed by atoms with Gasteiger partial charge in [-0.3, -0.25) is 0 Å². The fraction of sp³-hybridized carbons (Fsp3) is 0.300. The Balaban J connectivity index is 3.26. The highest BCUT2D eigenvalue weighted by Gasteiger charge is 2.19. The summed E-state index contributed by atoms with van der Waals surface area (Å²) in [4.78, 5) is 10.7. The Labute approximate surface area is 115 Å². The third kappa shape index (κ3) is 4.06. The molecule has 9 heteroatoms. The molecule has 0 heterocycles. The minimum absolute atomic E-state index is 0.146. The zero-order valence-corrected chi connectivity index (χ0v) is 11.6. The van der Waals surface area contributed by atoms with Crippen LogP contribution in [0.1, 0.15) is 10.4 Å². The number of hydrogen-bond donors (Lipinski definition) is 3. The topological polar surface area (TPSA) is 119 Å². The van der Waals surface area contributed by atoms with E-state index in [1.165, 1.54) is 13.2 Å². The SMILES string of the molecule is COCCNc1cc(Cl)c(S(N)(=O)=O)cc1C(=O)O. The lowest BCUT2D eigenvalue weighted by atomic mass is 10.2. The Bertz CT molecular complexity index is 588. The zero-order valence-electron chi connectivity index (χ0n) is 10.0. The molecular weight excluding hydrogens is 296 g/mol. The smallest absolute Gasteiger partial charge is 0.337 e. The third-order valence-electron chi connectivity index (χ3n) is 2.23. The van der Waals surface area contributed by atoms with Gasteiger partial charge in [-0.25, -0.2) is 18.4 Å². The van der Waals surface area contributed by atoms with E-state index < -0.39 is 20.9 Å². The number of methoxy groups -OCH3 is 1. The number of ether oxygens (including phenoxy) is 1. The van der Waals surface area contributed by atoms with Crippen LogP contribution >= 0.6 is 11.6 Å². The Morgan fingerprint density at radius 1 is 1.53 bits per heavy atom. The van der Waals surface area contributed by atoms with E-state index in [4.69, 9.17) is 26.6 Å². The number of nitrogens with one attached hydrogen (secondary N) is 1. The monoisotopic (exact) mass is 308 g/mol.